The molecule has 6 heteroatoms. The summed E-state index contributed by atoms with van der Waals surface area (Å²) in [5.41, 5.74) is 5.25. The van der Waals surface area contributed by atoms with Crippen molar-refractivity contribution in [1.82, 2.24) is 4.90 Å². The zero-order valence-electron chi connectivity index (χ0n) is 16.8. The number of carbonyl (C=O) groups is 1. The maximum absolute atomic E-state index is 12.9. The minimum absolute atomic E-state index is 0.00404. The number of amides is 1. The molecule has 1 fully saturated rings. The summed E-state index contributed by atoms with van der Waals surface area (Å²) in [6.45, 7) is 6.66. The molecule has 0 bridgehead atoms. The first-order valence-electron chi connectivity index (χ1n) is 9.14. The molecule has 0 unspecified atom stereocenters. The minimum atomic E-state index is 0.00404. The number of likely N-dealkylation sites (N-methyl/N-ethyl adjacent to an activating group) is 1. The molecule has 0 aliphatic carbocycles. The van der Waals surface area contributed by atoms with E-state index in [1.807, 2.05) is 64.0 Å². The van der Waals surface area contributed by atoms with Crippen LogP contribution in [0.25, 0.3) is 6.08 Å². The summed E-state index contributed by atoms with van der Waals surface area (Å²) in [6, 6.07) is 12.3. The molecule has 0 radical (unpaired) electrons. The van der Waals surface area contributed by atoms with Gasteiger partial charge < -0.3 is 4.90 Å². The molecule has 146 valence electrons. The van der Waals surface area contributed by atoms with Crippen LogP contribution in [0.5, 0.6) is 0 Å². The molecule has 2 aromatic carbocycles. The second-order valence-electron chi connectivity index (χ2n) is 6.95. The zero-order valence-corrected chi connectivity index (χ0v) is 19.2. The van der Waals surface area contributed by atoms with Crippen LogP contribution in [0.4, 0.5) is 11.4 Å². The number of nitrogens with zero attached hydrogens (tertiary/aromatic N) is 3. The molecule has 1 aliphatic heterocycles. The number of amidine groups is 1. The lowest BCUT2D eigenvalue weighted by atomic mass is 10.1. The van der Waals surface area contributed by atoms with Crippen molar-refractivity contribution in [3.05, 3.63) is 62.5 Å². The Morgan fingerprint density at radius 1 is 1.18 bits per heavy atom. The monoisotopic (exact) mass is 457 g/mol. The number of halogens is 1. The van der Waals surface area contributed by atoms with Gasteiger partial charge in [-0.05, 0) is 89.4 Å². The highest BCUT2D eigenvalue weighted by Gasteiger charge is 2.32. The Labute approximate surface area is 179 Å². The molecular formula is C22H24BrN3OS. The maximum atomic E-state index is 12.9. The number of thioether (sulfide) groups is 1. The predicted molar refractivity (Wildman–Crippen MR) is 124 cm³/mol. The highest BCUT2D eigenvalue weighted by molar-refractivity contribution is 9.10. The van der Waals surface area contributed by atoms with Gasteiger partial charge >= 0.3 is 0 Å². The summed E-state index contributed by atoms with van der Waals surface area (Å²) in [6.07, 6.45) is 1.94. The Morgan fingerprint density at radius 2 is 1.93 bits per heavy atom. The van der Waals surface area contributed by atoms with Gasteiger partial charge in [0.05, 0.1) is 16.3 Å². The first kappa shape index (κ1) is 20.7. The molecule has 1 amide bonds. The molecular weight excluding hydrogens is 434 g/mol. The van der Waals surface area contributed by atoms with Gasteiger partial charge in [0, 0.05) is 25.1 Å². The predicted octanol–water partition coefficient (Wildman–Crippen LogP) is 5.76. The molecule has 0 saturated carbocycles. The lowest BCUT2D eigenvalue weighted by molar-refractivity contribution is -0.122. The summed E-state index contributed by atoms with van der Waals surface area (Å²) >= 11 is 5.05. The fourth-order valence-electron chi connectivity index (χ4n) is 2.94. The van der Waals surface area contributed by atoms with E-state index in [0.717, 1.165) is 37.7 Å². The van der Waals surface area contributed by atoms with Crippen molar-refractivity contribution in [2.45, 2.75) is 20.8 Å². The molecule has 1 aliphatic rings. The number of benzene rings is 2. The highest BCUT2D eigenvalue weighted by Crippen LogP contribution is 2.35. The minimum Gasteiger partial charge on any atom is -0.377 e. The van der Waals surface area contributed by atoms with Gasteiger partial charge in [0.25, 0.3) is 5.91 Å². The second-order valence-corrected chi connectivity index (χ2v) is 8.81. The van der Waals surface area contributed by atoms with Gasteiger partial charge in [-0.15, -0.1) is 0 Å². The van der Waals surface area contributed by atoms with Crippen LogP contribution in [-0.2, 0) is 4.79 Å². The lowest BCUT2D eigenvalue weighted by Gasteiger charge is -2.14. The molecule has 1 saturated heterocycles. The Hall–Kier alpha value is -2.05. The van der Waals surface area contributed by atoms with Crippen LogP contribution in [0.1, 0.15) is 23.6 Å². The van der Waals surface area contributed by atoms with Gasteiger partial charge in [-0.3, -0.25) is 9.69 Å². The van der Waals surface area contributed by atoms with Crippen LogP contribution in [0.3, 0.4) is 0 Å². The standard InChI is InChI=1S/C22H24BrN3OS/c1-6-26-21(27)20(13-16-9-10-19(25(4)5)17(23)12-16)28-22(26)24-18-11-14(2)7-8-15(18)3/h7-13H,6H2,1-5H3/b20-13+,24-22?. The molecule has 0 atom stereocenters. The van der Waals surface area contributed by atoms with E-state index in [4.69, 9.17) is 4.99 Å². The maximum Gasteiger partial charge on any atom is 0.266 e. The normalized spacial score (nSPS) is 17.1. The van der Waals surface area contributed by atoms with Gasteiger partial charge in [-0.25, -0.2) is 4.99 Å². The van der Waals surface area contributed by atoms with E-state index in [1.54, 1.807) is 4.90 Å². The van der Waals surface area contributed by atoms with Crippen molar-refractivity contribution in [1.29, 1.82) is 0 Å². The van der Waals surface area contributed by atoms with E-state index < -0.39 is 0 Å². The summed E-state index contributed by atoms with van der Waals surface area (Å²) in [5.74, 6) is 0.00404. The second kappa shape index (κ2) is 8.53. The van der Waals surface area contributed by atoms with Crippen molar-refractivity contribution in [2.24, 2.45) is 4.99 Å². The summed E-state index contributed by atoms with van der Waals surface area (Å²) in [5, 5.41) is 0.733. The number of aryl methyl sites for hydroxylation is 2. The topological polar surface area (TPSA) is 35.9 Å². The first-order valence-corrected chi connectivity index (χ1v) is 10.8. The van der Waals surface area contributed by atoms with E-state index >= 15 is 0 Å². The number of hydrogen-bond donors (Lipinski definition) is 0. The van der Waals surface area contributed by atoms with Crippen molar-refractivity contribution in [3.8, 4) is 0 Å². The van der Waals surface area contributed by atoms with E-state index in [9.17, 15) is 4.79 Å². The smallest absolute Gasteiger partial charge is 0.266 e. The van der Waals surface area contributed by atoms with Crippen LogP contribution >= 0.6 is 27.7 Å². The average molecular weight is 458 g/mol. The van der Waals surface area contributed by atoms with E-state index in [2.05, 4.69) is 34.1 Å². The summed E-state index contributed by atoms with van der Waals surface area (Å²) in [4.78, 5) is 22.2. The first-order chi connectivity index (χ1) is 13.3. The fourth-order valence-corrected chi connectivity index (χ4v) is 4.75. The van der Waals surface area contributed by atoms with Crippen LogP contribution in [0, 0.1) is 13.8 Å². The third-order valence-corrected chi connectivity index (χ3v) is 6.18. The van der Waals surface area contributed by atoms with Crippen molar-refractivity contribution < 1.29 is 4.79 Å². The van der Waals surface area contributed by atoms with Gasteiger partial charge in [0.2, 0.25) is 0 Å². The SMILES string of the molecule is CCN1C(=O)/C(=C\c2ccc(N(C)C)c(Br)c2)SC1=Nc1cc(C)ccc1C. The lowest BCUT2D eigenvalue weighted by Crippen LogP contribution is -2.28. The van der Waals surface area contributed by atoms with Crippen LogP contribution in [0.2, 0.25) is 0 Å². The molecule has 1 heterocycles. The Balaban J connectivity index is 1.95. The largest absolute Gasteiger partial charge is 0.377 e. The van der Waals surface area contributed by atoms with Gasteiger partial charge in [-0.2, -0.15) is 0 Å². The van der Waals surface area contributed by atoms with Gasteiger partial charge in [0.15, 0.2) is 5.17 Å². The quantitative estimate of drug-likeness (QED) is 0.547. The number of carbonyl (C=O) groups excluding carboxylic acids is 1. The molecule has 3 rings (SSSR count). The molecule has 0 aromatic heterocycles. The Morgan fingerprint density at radius 3 is 2.57 bits per heavy atom. The van der Waals surface area contributed by atoms with Crippen LogP contribution in [0.15, 0.2) is 50.8 Å². The molecule has 0 N–H and O–H groups in total. The van der Waals surface area contributed by atoms with E-state index in [1.165, 1.54) is 11.8 Å². The highest BCUT2D eigenvalue weighted by atomic mass is 79.9. The number of rotatable bonds is 4. The molecule has 0 spiro atoms. The fraction of sp³-hybridized carbons (Fsp3) is 0.273. The molecule has 28 heavy (non-hydrogen) atoms. The van der Waals surface area contributed by atoms with Crippen molar-refractivity contribution in [2.75, 3.05) is 25.5 Å². The number of aliphatic imine (C=N–C) groups is 1. The molecule has 2 aromatic rings. The van der Waals surface area contributed by atoms with Crippen LogP contribution in [-0.4, -0.2) is 36.6 Å². The number of hydrogen-bond acceptors (Lipinski definition) is 4. The zero-order chi connectivity index (χ0) is 20.4. The van der Waals surface area contributed by atoms with Crippen molar-refractivity contribution in [3.63, 3.8) is 0 Å². The average Bonchev–Trinajstić information content (AvgIpc) is 2.92. The Kier molecular flexibility index (Phi) is 6.30. The summed E-state index contributed by atoms with van der Waals surface area (Å²) in [7, 11) is 4.01. The van der Waals surface area contributed by atoms with Gasteiger partial charge in [-0.1, -0.05) is 18.2 Å². The Bertz CT molecular complexity index is 982. The van der Waals surface area contributed by atoms with Crippen LogP contribution < -0.4 is 4.90 Å². The van der Waals surface area contributed by atoms with Gasteiger partial charge in [0.1, 0.15) is 0 Å². The summed E-state index contributed by atoms with van der Waals surface area (Å²) < 4.78 is 0.999. The van der Waals surface area contributed by atoms with E-state index in [0.29, 0.717) is 11.4 Å². The van der Waals surface area contributed by atoms with Crippen molar-refractivity contribution >= 4 is 56.2 Å². The van der Waals surface area contributed by atoms with E-state index in [-0.39, 0.29) is 5.91 Å². The number of anilines is 1. The third-order valence-electron chi connectivity index (χ3n) is 4.54. The molecule has 4 nitrogen and oxygen atoms in total. The third kappa shape index (κ3) is 4.33.